The van der Waals surface area contributed by atoms with Gasteiger partial charge in [-0.1, -0.05) is 6.07 Å². The second-order valence-electron chi connectivity index (χ2n) is 4.22. The lowest BCUT2D eigenvalue weighted by Crippen LogP contribution is -2.29. The number of nitrogens with one attached hydrogen (secondary N) is 1. The number of carbonyl (C=O) groups is 1. The van der Waals surface area contributed by atoms with Crippen molar-refractivity contribution in [1.82, 2.24) is 0 Å². The van der Waals surface area contributed by atoms with Crippen LogP contribution in [0.15, 0.2) is 30.3 Å². The molecule has 21 heavy (non-hydrogen) atoms. The van der Waals surface area contributed by atoms with Crippen molar-refractivity contribution in [1.29, 1.82) is 5.41 Å². The highest BCUT2D eigenvalue weighted by Crippen LogP contribution is 2.32. The number of halogens is 3. The fraction of sp³-hybridized carbons (Fsp3) is 0.0769. The van der Waals surface area contributed by atoms with Crippen molar-refractivity contribution in [3.8, 4) is 5.75 Å². The molecule has 0 aliphatic carbocycles. The Kier molecular flexibility index (Phi) is 3.46. The molecular weight excluding hydrogens is 287 g/mol. The average molecular weight is 297 g/mol. The van der Waals surface area contributed by atoms with Crippen LogP contribution in [0.1, 0.15) is 5.56 Å². The number of benzene rings is 2. The SMILES string of the molecule is N=C(N)c1ccc2cc(N)ccc2c1OC(=O)C(F)(F)F. The quantitative estimate of drug-likeness (QED) is 0.260. The summed E-state index contributed by atoms with van der Waals surface area (Å²) in [6, 6.07) is 7.16. The van der Waals surface area contributed by atoms with Crippen molar-refractivity contribution in [3.63, 3.8) is 0 Å². The van der Waals surface area contributed by atoms with Gasteiger partial charge in [0.15, 0.2) is 0 Å². The van der Waals surface area contributed by atoms with Crippen molar-refractivity contribution in [2.45, 2.75) is 6.18 Å². The molecule has 8 heteroatoms. The first-order valence-corrected chi connectivity index (χ1v) is 5.66. The zero-order valence-corrected chi connectivity index (χ0v) is 10.5. The molecule has 0 unspecified atom stereocenters. The molecule has 110 valence electrons. The Balaban J connectivity index is 2.65. The van der Waals surface area contributed by atoms with E-state index in [2.05, 4.69) is 4.74 Å². The second-order valence-corrected chi connectivity index (χ2v) is 4.22. The molecule has 2 aromatic rings. The minimum Gasteiger partial charge on any atom is -0.418 e. The van der Waals surface area contributed by atoms with Gasteiger partial charge in [0.1, 0.15) is 11.6 Å². The number of nitrogens with two attached hydrogens (primary N) is 2. The summed E-state index contributed by atoms with van der Waals surface area (Å²) in [6.45, 7) is 0. The molecule has 0 saturated carbocycles. The summed E-state index contributed by atoms with van der Waals surface area (Å²) in [6.07, 6.45) is -5.15. The average Bonchev–Trinajstić information content (AvgIpc) is 2.36. The van der Waals surface area contributed by atoms with Crippen LogP contribution in [0.5, 0.6) is 5.75 Å². The summed E-state index contributed by atoms with van der Waals surface area (Å²) in [7, 11) is 0. The summed E-state index contributed by atoms with van der Waals surface area (Å²) in [4.78, 5) is 11.0. The smallest absolute Gasteiger partial charge is 0.418 e. The number of hydrogen-bond acceptors (Lipinski definition) is 4. The molecule has 0 fully saturated rings. The van der Waals surface area contributed by atoms with Crippen LogP contribution in [0, 0.1) is 5.41 Å². The number of ether oxygens (including phenoxy) is 1. The third-order valence-corrected chi connectivity index (χ3v) is 2.71. The molecule has 0 amide bonds. The molecule has 0 radical (unpaired) electrons. The Morgan fingerprint density at radius 2 is 1.86 bits per heavy atom. The van der Waals surface area contributed by atoms with Crippen molar-refractivity contribution >= 4 is 28.3 Å². The van der Waals surface area contributed by atoms with Crippen LogP contribution >= 0.6 is 0 Å². The highest BCUT2D eigenvalue weighted by Gasteiger charge is 2.42. The number of rotatable bonds is 2. The predicted molar refractivity (Wildman–Crippen MR) is 71.1 cm³/mol. The minimum atomic E-state index is -5.15. The number of hydrogen-bond donors (Lipinski definition) is 3. The lowest BCUT2D eigenvalue weighted by atomic mass is 10.0. The first-order valence-electron chi connectivity index (χ1n) is 5.66. The van der Waals surface area contributed by atoms with Gasteiger partial charge in [0.25, 0.3) is 0 Å². The molecular formula is C13H10F3N3O2. The van der Waals surface area contributed by atoms with Crippen LogP contribution in [0.4, 0.5) is 18.9 Å². The van der Waals surface area contributed by atoms with Gasteiger partial charge in [0, 0.05) is 11.1 Å². The van der Waals surface area contributed by atoms with Gasteiger partial charge in [-0.2, -0.15) is 13.2 Å². The topological polar surface area (TPSA) is 102 Å². The summed E-state index contributed by atoms with van der Waals surface area (Å²) in [5, 5.41) is 8.04. The van der Waals surface area contributed by atoms with Crippen LogP contribution in [-0.2, 0) is 4.79 Å². The third-order valence-electron chi connectivity index (χ3n) is 2.71. The summed E-state index contributed by atoms with van der Waals surface area (Å²) < 4.78 is 41.5. The van der Waals surface area contributed by atoms with Crippen molar-refractivity contribution in [3.05, 3.63) is 35.9 Å². The van der Waals surface area contributed by atoms with Crippen LogP contribution in [0.3, 0.4) is 0 Å². The first-order chi connectivity index (χ1) is 9.70. The zero-order valence-electron chi connectivity index (χ0n) is 10.5. The van der Waals surface area contributed by atoms with Crippen LogP contribution < -0.4 is 16.2 Å². The highest BCUT2D eigenvalue weighted by atomic mass is 19.4. The number of anilines is 1. The number of fused-ring (bicyclic) bond motifs is 1. The lowest BCUT2D eigenvalue weighted by molar-refractivity contribution is -0.189. The molecule has 5 N–H and O–H groups in total. The number of carbonyl (C=O) groups excluding carboxylic acids is 1. The zero-order chi connectivity index (χ0) is 15.8. The van der Waals surface area contributed by atoms with Crippen LogP contribution in [-0.4, -0.2) is 18.0 Å². The summed E-state index contributed by atoms with van der Waals surface area (Å²) >= 11 is 0. The van der Waals surface area contributed by atoms with Gasteiger partial charge in [0.2, 0.25) is 0 Å². The molecule has 0 atom stereocenters. The normalized spacial score (nSPS) is 11.4. The lowest BCUT2D eigenvalue weighted by Gasteiger charge is -2.13. The van der Waals surface area contributed by atoms with Gasteiger partial charge in [-0.15, -0.1) is 0 Å². The maximum absolute atomic E-state index is 12.4. The molecule has 0 aliphatic heterocycles. The maximum Gasteiger partial charge on any atom is 0.491 e. The number of esters is 1. The standard InChI is InChI=1S/C13H10F3N3O2/c14-13(15,16)12(20)21-10-8-4-2-7(17)5-6(8)1-3-9(10)11(18)19/h1-5H,17H2,(H3,18,19). The van der Waals surface area contributed by atoms with E-state index in [1.54, 1.807) is 0 Å². The van der Waals surface area contributed by atoms with E-state index in [1.165, 1.54) is 30.3 Å². The first kappa shape index (κ1) is 14.6. The molecule has 0 aliphatic rings. The summed E-state index contributed by atoms with van der Waals surface area (Å²) in [5.74, 6) is -3.31. The summed E-state index contributed by atoms with van der Waals surface area (Å²) in [5.41, 5.74) is 11.2. The second kappa shape index (κ2) is 4.97. The maximum atomic E-state index is 12.4. The Hall–Kier alpha value is -2.77. The van der Waals surface area contributed by atoms with Crippen LogP contribution in [0.25, 0.3) is 10.8 Å². The van der Waals surface area contributed by atoms with E-state index in [-0.39, 0.29) is 10.9 Å². The Labute approximate surface area is 116 Å². The van der Waals surface area contributed by atoms with E-state index >= 15 is 0 Å². The molecule has 2 rings (SSSR count). The van der Waals surface area contributed by atoms with E-state index in [1.807, 2.05) is 0 Å². The number of amidine groups is 1. The van der Waals surface area contributed by atoms with Gasteiger partial charge in [0.05, 0.1) is 5.56 Å². The van der Waals surface area contributed by atoms with E-state index in [0.29, 0.717) is 11.1 Å². The van der Waals surface area contributed by atoms with Crippen molar-refractivity contribution in [2.75, 3.05) is 5.73 Å². The fourth-order valence-electron chi connectivity index (χ4n) is 1.79. The molecule has 5 nitrogen and oxygen atoms in total. The molecule has 0 spiro atoms. The van der Waals surface area contributed by atoms with Crippen molar-refractivity contribution < 1.29 is 22.7 Å². The van der Waals surface area contributed by atoms with Gasteiger partial charge in [-0.25, -0.2) is 4.79 Å². The molecule has 0 bridgehead atoms. The molecule has 0 aromatic heterocycles. The monoisotopic (exact) mass is 297 g/mol. The fourth-order valence-corrected chi connectivity index (χ4v) is 1.79. The number of nitrogen functional groups attached to an aromatic ring is 2. The minimum absolute atomic E-state index is 0.107. The molecule has 0 saturated heterocycles. The van der Waals surface area contributed by atoms with E-state index in [0.717, 1.165) is 0 Å². The van der Waals surface area contributed by atoms with Crippen LogP contribution in [0.2, 0.25) is 0 Å². The van der Waals surface area contributed by atoms with Gasteiger partial charge < -0.3 is 16.2 Å². The highest BCUT2D eigenvalue weighted by molar-refractivity contribution is 6.05. The van der Waals surface area contributed by atoms with E-state index in [4.69, 9.17) is 16.9 Å². The van der Waals surface area contributed by atoms with E-state index < -0.39 is 23.7 Å². The molecule has 0 heterocycles. The van der Waals surface area contributed by atoms with Crippen molar-refractivity contribution in [2.24, 2.45) is 5.73 Å². The van der Waals surface area contributed by atoms with Gasteiger partial charge in [-0.05, 0) is 29.7 Å². The Bertz CT molecular complexity index is 741. The van der Waals surface area contributed by atoms with Gasteiger partial charge in [-0.3, -0.25) is 5.41 Å². The predicted octanol–water partition coefficient (Wildman–Crippen LogP) is 2.17. The van der Waals surface area contributed by atoms with E-state index in [9.17, 15) is 18.0 Å². The number of alkyl halides is 3. The molecule has 2 aromatic carbocycles. The third kappa shape index (κ3) is 2.88. The Morgan fingerprint density at radius 1 is 1.19 bits per heavy atom. The van der Waals surface area contributed by atoms with Gasteiger partial charge >= 0.3 is 12.1 Å². The Morgan fingerprint density at radius 3 is 2.43 bits per heavy atom. The largest absolute Gasteiger partial charge is 0.491 e.